The first-order valence-electron chi connectivity index (χ1n) is 7.70. The van der Waals surface area contributed by atoms with E-state index >= 15 is 0 Å². The summed E-state index contributed by atoms with van der Waals surface area (Å²) < 4.78 is 1.72. The number of carbonyl (C=O) groups excluding carboxylic acids is 1. The molecule has 0 bridgehead atoms. The van der Waals surface area contributed by atoms with Gasteiger partial charge in [-0.2, -0.15) is 0 Å². The van der Waals surface area contributed by atoms with Crippen molar-refractivity contribution in [3.63, 3.8) is 0 Å². The molecule has 0 saturated carbocycles. The summed E-state index contributed by atoms with van der Waals surface area (Å²) in [6, 6.07) is 5.73. The van der Waals surface area contributed by atoms with Gasteiger partial charge in [0, 0.05) is 39.1 Å². The minimum absolute atomic E-state index is 0.200. The molecule has 2 N–H and O–H groups in total. The number of rotatable bonds is 4. The summed E-state index contributed by atoms with van der Waals surface area (Å²) in [7, 11) is 1.81. The van der Waals surface area contributed by atoms with Crippen LogP contribution in [0.4, 0.5) is 5.82 Å². The number of nitrogens with one attached hydrogen (secondary N) is 1. The number of hydrogen-bond acceptors (Lipinski definition) is 5. The predicted molar refractivity (Wildman–Crippen MR) is 86.2 cm³/mol. The van der Waals surface area contributed by atoms with E-state index in [0.29, 0.717) is 18.7 Å². The van der Waals surface area contributed by atoms with Gasteiger partial charge in [0.25, 0.3) is 5.91 Å². The van der Waals surface area contributed by atoms with Crippen LogP contribution in [0.3, 0.4) is 0 Å². The van der Waals surface area contributed by atoms with E-state index in [-0.39, 0.29) is 12.5 Å². The number of β-amino-alcohol motifs (C(OH)–C–C–N with tert-alkyl or cyclic N) is 1. The van der Waals surface area contributed by atoms with Crippen LogP contribution in [0, 0.1) is 0 Å². The Morgan fingerprint density at radius 2 is 2.30 bits per heavy atom. The van der Waals surface area contributed by atoms with E-state index in [1.54, 1.807) is 23.3 Å². The smallest absolute Gasteiger partial charge is 0.271 e. The first-order chi connectivity index (χ1) is 11.1. The van der Waals surface area contributed by atoms with Crippen molar-refractivity contribution in [1.82, 2.24) is 19.9 Å². The van der Waals surface area contributed by atoms with E-state index < -0.39 is 5.60 Å². The number of piperidine rings is 1. The Morgan fingerprint density at radius 1 is 1.43 bits per heavy atom. The first-order valence-corrected chi connectivity index (χ1v) is 7.70. The lowest BCUT2D eigenvalue weighted by Gasteiger charge is -2.39. The zero-order valence-corrected chi connectivity index (χ0v) is 13.1. The third-order valence-corrected chi connectivity index (χ3v) is 4.04. The van der Waals surface area contributed by atoms with Gasteiger partial charge in [-0.1, -0.05) is 6.07 Å². The molecule has 7 heteroatoms. The standard InChI is InChI=1S/C16H21N5O2/c1-20-9-13(19-12-20)15(22)18-10-16(23)6-4-8-21(11-16)14-5-2-3-7-17-14/h2-3,5,7,9,12,23H,4,6,8,10-11H2,1H3,(H,18,22)/t16-/m0/s1. The van der Waals surface area contributed by atoms with E-state index in [1.165, 1.54) is 0 Å². The minimum Gasteiger partial charge on any atom is -0.386 e. The zero-order valence-electron chi connectivity index (χ0n) is 13.1. The average Bonchev–Trinajstić information content (AvgIpc) is 3.00. The molecule has 0 aromatic carbocycles. The molecule has 3 rings (SSSR count). The van der Waals surface area contributed by atoms with Gasteiger partial charge in [-0.3, -0.25) is 4.79 Å². The lowest BCUT2D eigenvalue weighted by atomic mass is 9.92. The largest absolute Gasteiger partial charge is 0.386 e. The van der Waals surface area contributed by atoms with Crippen molar-refractivity contribution in [2.45, 2.75) is 18.4 Å². The van der Waals surface area contributed by atoms with Crippen molar-refractivity contribution in [1.29, 1.82) is 0 Å². The van der Waals surface area contributed by atoms with Gasteiger partial charge in [-0.25, -0.2) is 9.97 Å². The molecule has 2 aromatic heterocycles. The van der Waals surface area contributed by atoms with Crippen molar-refractivity contribution in [2.24, 2.45) is 7.05 Å². The lowest BCUT2D eigenvalue weighted by molar-refractivity contribution is 0.0254. The summed E-state index contributed by atoms with van der Waals surface area (Å²) in [5, 5.41) is 13.6. The second-order valence-corrected chi connectivity index (χ2v) is 6.04. The van der Waals surface area contributed by atoms with Crippen molar-refractivity contribution < 1.29 is 9.90 Å². The van der Waals surface area contributed by atoms with Crippen LogP contribution in [0.25, 0.3) is 0 Å². The van der Waals surface area contributed by atoms with Crippen LogP contribution in [0.5, 0.6) is 0 Å². The number of aliphatic hydroxyl groups is 1. The number of imidazole rings is 1. The molecule has 0 spiro atoms. The van der Waals surface area contributed by atoms with Gasteiger partial charge in [0.15, 0.2) is 0 Å². The lowest BCUT2D eigenvalue weighted by Crippen LogP contribution is -2.54. The molecule has 0 aliphatic carbocycles. The molecular formula is C16H21N5O2. The Bertz CT molecular complexity index is 672. The topological polar surface area (TPSA) is 83.3 Å². The number of anilines is 1. The molecule has 1 fully saturated rings. The van der Waals surface area contributed by atoms with Crippen LogP contribution in [0.15, 0.2) is 36.9 Å². The van der Waals surface area contributed by atoms with E-state index in [1.807, 2.05) is 25.2 Å². The van der Waals surface area contributed by atoms with Crippen LogP contribution in [-0.4, -0.2) is 50.8 Å². The maximum Gasteiger partial charge on any atom is 0.271 e. The number of pyridine rings is 1. The molecule has 2 aromatic rings. The second kappa shape index (κ2) is 6.37. The maximum absolute atomic E-state index is 12.1. The monoisotopic (exact) mass is 315 g/mol. The molecule has 1 aliphatic heterocycles. The van der Waals surface area contributed by atoms with Crippen molar-refractivity contribution in [2.75, 3.05) is 24.5 Å². The Morgan fingerprint density at radius 3 is 3.00 bits per heavy atom. The van der Waals surface area contributed by atoms with E-state index in [0.717, 1.165) is 18.8 Å². The van der Waals surface area contributed by atoms with Crippen molar-refractivity contribution >= 4 is 11.7 Å². The van der Waals surface area contributed by atoms with Crippen LogP contribution in [-0.2, 0) is 7.05 Å². The second-order valence-electron chi connectivity index (χ2n) is 6.04. The molecule has 122 valence electrons. The van der Waals surface area contributed by atoms with Crippen LogP contribution >= 0.6 is 0 Å². The van der Waals surface area contributed by atoms with Gasteiger partial charge in [0.1, 0.15) is 11.5 Å². The summed E-state index contributed by atoms with van der Waals surface area (Å²) in [6.45, 7) is 1.51. The zero-order chi connectivity index (χ0) is 16.3. The molecule has 0 unspecified atom stereocenters. The van der Waals surface area contributed by atoms with Gasteiger partial charge in [0.05, 0.1) is 11.9 Å². The fourth-order valence-corrected chi connectivity index (χ4v) is 2.86. The van der Waals surface area contributed by atoms with Gasteiger partial charge in [-0.05, 0) is 25.0 Å². The molecule has 0 radical (unpaired) electrons. The molecule has 1 aliphatic rings. The highest BCUT2D eigenvalue weighted by Crippen LogP contribution is 2.24. The summed E-state index contributed by atoms with van der Waals surface area (Å²) in [4.78, 5) is 22.5. The van der Waals surface area contributed by atoms with Gasteiger partial charge >= 0.3 is 0 Å². The van der Waals surface area contributed by atoms with Crippen molar-refractivity contribution in [3.8, 4) is 0 Å². The summed E-state index contributed by atoms with van der Waals surface area (Å²) >= 11 is 0. The first kappa shape index (κ1) is 15.5. The quantitative estimate of drug-likeness (QED) is 0.862. The Balaban J connectivity index is 1.61. The van der Waals surface area contributed by atoms with Gasteiger partial charge < -0.3 is 19.9 Å². The number of aryl methyl sites for hydroxylation is 1. The number of amides is 1. The fraction of sp³-hybridized carbons (Fsp3) is 0.438. The molecule has 1 amide bonds. The number of hydrogen-bond donors (Lipinski definition) is 2. The Hall–Kier alpha value is -2.41. The Labute approximate surface area is 135 Å². The highest BCUT2D eigenvalue weighted by atomic mass is 16.3. The number of aromatic nitrogens is 3. The van der Waals surface area contributed by atoms with Gasteiger partial charge in [0.2, 0.25) is 0 Å². The normalized spacial score (nSPS) is 21.2. The fourth-order valence-electron chi connectivity index (χ4n) is 2.86. The average molecular weight is 315 g/mol. The molecule has 1 atom stereocenters. The molecule has 3 heterocycles. The minimum atomic E-state index is -0.958. The Kier molecular flexibility index (Phi) is 4.29. The number of carbonyl (C=O) groups is 1. The molecule has 7 nitrogen and oxygen atoms in total. The highest BCUT2D eigenvalue weighted by Gasteiger charge is 2.34. The van der Waals surface area contributed by atoms with Crippen LogP contribution in [0.2, 0.25) is 0 Å². The third-order valence-electron chi connectivity index (χ3n) is 4.04. The summed E-state index contributed by atoms with van der Waals surface area (Å²) in [5.74, 6) is 0.579. The third kappa shape index (κ3) is 3.68. The van der Waals surface area contributed by atoms with E-state index in [2.05, 4.69) is 20.2 Å². The van der Waals surface area contributed by atoms with E-state index in [9.17, 15) is 9.90 Å². The molecule has 1 saturated heterocycles. The van der Waals surface area contributed by atoms with E-state index in [4.69, 9.17) is 0 Å². The van der Waals surface area contributed by atoms with Crippen molar-refractivity contribution in [3.05, 3.63) is 42.6 Å². The summed E-state index contributed by atoms with van der Waals surface area (Å²) in [5.41, 5.74) is -0.603. The highest BCUT2D eigenvalue weighted by molar-refractivity contribution is 5.92. The number of nitrogens with zero attached hydrogens (tertiary/aromatic N) is 4. The summed E-state index contributed by atoms with van der Waals surface area (Å²) in [6.07, 6.45) is 6.48. The molecular weight excluding hydrogens is 294 g/mol. The SMILES string of the molecule is Cn1cnc(C(=O)NC[C@@]2(O)CCCN(c3ccccn3)C2)c1. The van der Waals surface area contributed by atoms with Gasteiger partial charge in [-0.15, -0.1) is 0 Å². The van der Waals surface area contributed by atoms with Crippen LogP contribution < -0.4 is 10.2 Å². The van der Waals surface area contributed by atoms with Crippen LogP contribution in [0.1, 0.15) is 23.3 Å². The predicted octanol–water partition coefficient (Wildman–Crippen LogP) is 0.576. The molecule has 23 heavy (non-hydrogen) atoms. The maximum atomic E-state index is 12.1.